The van der Waals surface area contributed by atoms with E-state index >= 15 is 0 Å². The van der Waals surface area contributed by atoms with E-state index in [1.54, 1.807) is 11.3 Å². The summed E-state index contributed by atoms with van der Waals surface area (Å²) in [5.74, 6) is -0.0387. The van der Waals surface area contributed by atoms with E-state index in [0.29, 0.717) is 23.2 Å². The van der Waals surface area contributed by atoms with E-state index in [1.165, 1.54) is 0 Å². The zero-order chi connectivity index (χ0) is 22.5. The summed E-state index contributed by atoms with van der Waals surface area (Å²) in [7, 11) is 0. The van der Waals surface area contributed by atoms with Crippen LogP contribution in [0.3, 0.4) is 0 Å². The van der Waals surface area contributed by atoms with Crippen molar-refractivity contribution in [3.63, 3.8) is 0 Å². The fourth-order valence-corrected chi connectivity index (χ4v) is 4.94. The van der Waals surface area contributed by atoms with Crippen LogP contribution in [0, 0.1) is 6.92 Å². The molecule has 1 amide bonds. The number of nitrogens with one attached hydrogen (secondary N) is 1. The molecule has 1 atom stereocenters. The molecular weight excluding hydrogens is 465 g/mol. The lowest BCUT2D eigenvalue weighted by molar-refractivity contribution is -0.121. The first-order chi connectivity index (χ1) is 15.5. The van der Waals surface area contributed by atoms with Crippen molar-refractivity contribution >= 4 is 40.4 Å². The predicted octanol–water partition coefficient (Wildman–Crippen LogP) is 4.99. The number of carbonyl (C=O) groups is 1. The highest BCUT2D eigenvalue weighted by molar-refractivity contribution is 7.15. The van der Waals surface area contributed by atoms with Crippen molar-refractivity contribution in [1.29, 1.82) is 0 Å². The number of thiazole rings is 1. The molecule has 1 fully saturated rings. The minimum absolute atomic E-state index is 0.0387. The van der Waals surface area contributed by atoms with Crippen molar-refractivity contribution in [2.24, 2.45) is 0 Å². The molecule has 0 radical (unpaired) electrons. The standard InChI is InChI=1S/C24H25Cl2N3O2S/c1-16-22(28-24(32-16)18-5-3-2-4-6-18)12-23(30)27-13-19-15-29(9-10-31-19)14-17-7-8-20(25)21(26)11-17/h2-8,11,19H,9-10,12-15H2,1H3,(H,27,30)/t19-/m0/s1. The number of aromatic nitrogens is 1. The van der Waals surface area contributed by atoms with Gasteiger partial charge in [-0.05, 0) is 24.6 Å². The molecule has 8 heteroatoms. The number of morpholine rings is 1. The smallest absolute Gasteiger partial charge is 0.226 e. The summed E-state index contributed by atoms with van der Waals surface area (Å²) in [4.78, 5) is 20.6. The Morgan fingerprint density at radius 1 is 1.22 bits per heavy atom. The van der Waals surface area contributed by atoms with Crippen LogP contribution in [0.4, 0.5) is 0 Å². The van der Waals surface area contributed by atoms with Crippen LogP contribution in [0.15, 0.2) is 48.5 Å². The summed E-state index contributed by atoms with van der Waals surface area (Å²) < 4.78 is 5.86. The van der Waals surface area contributed by atoms with Crippen molar-refractivity contribution in [1.82, 2.24) is 15.2 Å². The van der Waals surface area contributed by atoms with E-state index in [9.17, 15) is 4.79 Å². The van der Waals surface area contributed by atoms with Crippen molar-refractivity contribution in [3.05, 3.63) is 74.7 Å². The number of hydrogen-bond acceptors (Lipinski definition) is 5. The van der Waals surface area contributed by atoms with Gasteiger partial charge in [0.05, 0.1) is 34.9 Å². The lowest BCUT2D eigenvalue weighted by Crippen LogP contribution is -2.47. The van der Waals surface area contributed by atoms with Crippen molar-refractivity contribution in [3.8, 4) is 10.6 Å². The Morgan fingerprint density at radius 2 is 2.03 bits per heavy atom. The van der Waals surface area contributed by atoms with Gasteiger partial charge in [0.1, 0.15) is 5.01 Å². The fourth-order valence-electron chi connectivity index (χ4n) is 3.68. The molecule has 1 aliphatic rings. The van der Waals surface area contributed by atoms with Crippen molar-refractivity contribution in [2.75, 3.05) is 26.2 Å². The predicted molar refractivity (Wildman–Crippen MR) is 130 cm³/mol. The molecule has 4 rings (SSSR count). The molecule has 168 valence electrons. The van der Waals surface area contributed by atoms with E-state index in [-0.39, 0.29) is 18.4 Å². The Kier molecular flexibility index (Phi) is 7.81. The fraction of sp³-hybridized carbons (Fsp3) is 0.333. The number of rotatable bonds is 7. The van der Waals surface area contributed by atoms with Crippen LogP contribution >= 0.6 is 34.5 Å². The number of aryl methyl sites for hydroxylation is 1. The number of hydrogen-bond donors (Lipinski definition) is 1. The zero-order valence-electron chi connectivity index (χ0n) is 17.8. The lowest BCUT2D eigenvalue weighted by atomic mass is 10.2. The average Bonchev–Trinajstić information content (AvgIpc) is 3.16. The Bertz CT molecular complexity index is 1070. The van der Waals surface area contributed by atoms with Crippen LogP contribution in [0.2, 0.25) is 10.0 Å². The normalized spacial score (nSPS) is 16.8. The van der Waals surface area contributed by atoms with Gasteiger partial charge in [-0.25, -0.2) is 4.98 Å². The Morgan fingerprint density at radius 3 is 2.81 bits per heavy atom. The van der Waals surface area contributed by atoms with Gasteiger partial charge in [-0.2, -0.15) is 0 Å². The van der Waals surface area contributed by atoms with Crippen LogP contribution in [0.1, 0.15) is 16.1 Å². The van der Waals surface area contributed by atoms with Gasteiger partial charge in [0.25, 0.3) is 0 Å². The van der Waals surface area contributed by atoms with Gasteiger partial charge in [-0.1, -0.05) is 59.6 Å². The maximum atomic E-state index is 12.6. The molecule has 0 spiro atoms. The Labute approximate surface area is 202 Å². The quantitative estimate of drug-likeness (QED) is 0.508. The Hall–Kier alpha value is -1.96. The summed E-state index contributed by atoms with van der Waals surface area (Å²) in [5.41, 5.74) is 3.01. The first kappa shape index (κ1) is 23.2. The third-order valence-corrected chi connectivity index (χ3v) is 7.18. The van der Waals surface area contributed by atoms with Gasteiger partial charge >= 0.3 is 0 Å². The second kappa shape index (κ2) is 10.8. The highest BCUT2D eigenvalue weighted by atomic mass is 35.5. The first-order valence-corrected chi connectivity index (χ1v) is 12.1. The molecule has 1 aromatic heterocycles. The lowest BCUT2D eigenvalue weighted by Gasteiger charge is -2.33. The maximum absolute atomic E-state index is 12.6. The number of ether oxygens (including phenoxy) is 1. The molecule has 0 unspecified atom stereocenters. The summed E-state index contributed by atoms with van der Waals surface area (Å²) in [6.07, 6.45) is 0.224. The molecular formula is C24H25Cl2N3O2S. The number of nitrogens with zero attached hydrogens (tertiary/aromatic N) is 2. The summed E-state index contributed by atoms with van der Waals surface area (Å²) in [5, 5.41) is 5.08. The molecule has 1 aliphatic heterocycles. The minimum atomic E-state index is -0.0492. The third-order valence-electron chi connectivity index (χ3n) is 5.38. The van der Waals surface area contributed by atoms with E-state index in [1.807, 2.05) is 55.5 Å². The molecule has 0 saturated carbocycles. The second-order valence-electron chi connectivity index (χ2n) is 7.85. The van der Waals surface area contributed by atoms with Gasteiger partial charge in [-0.15, -0.1) is 11.3 Å². The van der Waals surface area contributed by atoms with Gasteiger partial charge in [-0.3, -0.25) is 9.69 Å². The summed E-state index contributed by atoms with van der Waals surface area (Å²) in [6, 6.07) is 15.7. The van der Waals surface area contributed by atoms with E-state index in [0.717, 1.165) is 46.3 Å². The maximum Gasteiger partial charge on any atom is 0.226 e. The van der Waals surface area contributed by atoms with Crippen molar-refractivity contribution in [2.45, 2.75) is 26.0 Å². The Balaban J connectivity index is 1.27. The van der Waals surface area contributed by atoms with Crippen LogP contribution in [-0.4, -0.2) is 48.1 Å². The molecule has 3 aromatic rings. The van der Waals surface area contributed by atoms with Crippen LogP contribution < -0.4 is 5.32 Å². The SMILES string of the molecule is Cc1sc(-c2ccccc2)nc1CC(=O)NC[C@H]1CN(Cc2ccc(Cl)c(Cl)c2)CCO1. The van der Waals surface area contributed by atoms with Crippen LogP contribution in [0.25, 0.3) is 10.6 Å². The number of benzene rings is 2. The zero-order valence-corrected chi connectivity index (χ0v) is 20.1. The molecule has 0 bridgehead atoms. The monoisotopic (exact) mass is 489 g/mol. The molecule has 0 aliphatic carbocycles. The van der Waals surface area contributed by atoms with E-state index in [2.05, 4.69) is 15.2 Å². The molecule has 1 saturated heterocycles. The largest absolute Gasteiger partial charge is 0.374 e. The van der Waals surface area contributed by atoms with Crippen LogP contribution in [-0.2, 0) is 22.5 Å². The molecule has 1 N–H and O–H groups in total. The first-order valence-electron chi connectivity index (χ1n) is 10.5. The third kappa shape index (κ3) is 6.09. The van der Waals surface area contributed by atoms with Crippen molar-refractivity contribution < 1.29 is 9.53 Å². The highest BCUT2D eigenvalue weighted by Gasteiger charge is 2.22. The summed E-state index contributed by atoms with van der Waals surface area (Å²) >= 11 is 13.8. The number of carbonyl (C=O) groups excluding carboxylic acids is 1. The molecule has 32 heavy (non-hydrogen) atoms. The van der Waals surface area contributed by atoms with E-state index in [4.69, 9.17) is 27.9 Å². The number of halogens is 2. The molecule has 2 aromatic carbocycles. The van der Waals surface area contributed by atoms with E-state index < -0.39 is 0 Å². The minimum Gasteiger partial charge on any atom is -0.374 e. The molecule has 5 nitrogen and oxygen atoms in total. The molecule has 2 heterocycles. The topological polar surface area (TPSA) is 54.5 Å². The van der Waals surface area contributed by atoms with Gasteiger partial charge in [0.2, 0.25) is 5.91 Å². The van der Waals surface area contributed by atoms with Gasteiger partial charge in [0.15, 0.2) is 0 Å². The average molecular weight is 490 g/mol. The summed E-state index contributed by atoms with van der Waals surface area (Å²) in [6.45, 7) is 5.47. The van der Waals surface area contributed by atoms with Crippen LogP contribution in [0.5, 0.6) is 0 Å². The van der Waals surface area contributed by atoms with Gasteiger partial charge in [0, 0.05) is 36.6 Å². The highest BCUT2D eigenvalue weighted by Crippen LogP contribution is 2.27. The van der Waals surface area contributed by atoms with Gasteiger partial charge < -0.3 is 10.1 Å². The number of amides is 1. The second-order valence-corrected chi connectivity index (χ2v) is 9.86.